The van der Waals surface area contributed by atoms with Crippen LogP contribution in [0.1, 0.15) is 29.4 Å². The van der Waals surface area contributed by atoms with E-state index in [4.69, 9.17) is 5.73 Å². The molecule has 1 amide bonds. The molecule has 1 aliphatic rings. The van der Waals surface area contributed by atoms with Crippen molar-refractivity contribution in [2.24, 2.45) is 5.73 Å². The molecule has 1 aliphatic heterocycles. The first-order valence-corrected chi connectivity index (χ1v) is 7.48. The zero-order valence-electron chi connectivity index (χ0n) is 12.5. The summed E-state index contributed by atoms with van der Waals surface area (Å²) in [5, 5.41) is 4.31. The first kappa shape index (κ1) is 14.7. The zero-order valence-corrected chi connectivity index (χ0v) is 12.5. The maximum absolute atomic E-state index is 13.1. The number of aromatic nitrogens is 2. The molecule has 1 atom stereocenters. The third-order valence-electron chi connectivity index (χ3n) is 4.02. The van der Waals surface area contributed by atoms with Gasteiger partial charge in [0.1, 0.15) is 5.82 Å². The molecule has 116 valence electrons. The summed E-state index contributed by atoms with van der Waals surface area (Å²) in [7, 11) is 0. The summed E-state index contributed by atoms with van der Waals surface area (Å²) in [6, 6.07) is 6.14. The summed E-state index contributed by atoms with van der Waals surface area (Å²) < 4.78 is 14.8. The van der Waals surface area contributed by atoms with E-state index >= 15 is 0 Å². The second-order valence-electron chi connectivity index (χ2n) is 5.55. The summed E-state index contributed by atoms with van der Waals surface area (Å²) in [5.74, 6) is -0.325. The molecular formula is C16H19FN4O. The van der Waals surface area contributed by atoms with Gasteiger partial charge in [0.25, 0.3) is 5.91 Å². The third kappa shape index (κ3) is 2.62. The molecule has 0 saturated carbocycles. The zero-order chi connectivity index (χ0) is 15.7. The molecule has 1 aromatic carbocycles. The highest BCUT2D eigenvalue weighted by Gasteiger charge is 2.27. The Morgan fingerprint density at radius 2 is 2.14 bits per heavy atom. The van der Waals surface area contributed by atoms with Gasteiger partial charge in [0.15, 0.2) is 0 Å². The Kier molecular flexibility index (Phi) is 3.94. The molecule has 0 unspecified atom stereocenters. The van der Waals surface area contributed by atoms with Crippen molar-refractivity contribution in [1.82, 2.24) is 14.7 Å². The van der Waals surface area contributed by atoms with Crippen LogP contribution in [0.15, 0.2) is 30.5 Å². The van der Waals surface area contributed by atoms with Crippen LogP contribution in [0.4, 0.5) is 4.39 Å². The van der Waals surface area contributed by atoms with E-state index in [-0.39, 0.29) is 17.8 Å². The average Bonchev–Trinajstić information content (AvgIpc) is 3.13. The SMILES string of the molecule is CCc1c(C(=O)N2CC[C@@H](N)C2)cnn1-c1ccc(F)cc1. The van der Waals surface area contributed by atoms with E-state index in [2.05, 4.69) is 5.10 Å². The molecule has 2 heterocycles. The molecule has 0 bridgehead atoms. The molecule has 3 rings (SSSR count). The van der Waals surface area contributed by atoms with Crippen LogP contribution in [0.25, 0.3) is 5.69 Å². The van der Waals surface area contributed by atoms with Gasteiger partial charge in [0.2, 0.25) is 0 Å². The minimum Gasteiger partial charge on any atom is -0.337 e. The van der Waals surface area contributed by atoms with Crippen LogP contribution < -0.4 is 5.73 Å². The molecule has 0 radical (unpaired) electrons. The van der Waals surface area contributed by atoms with Crippen molar-refractivity contribution in [2.75, 3.05) is 13.1 Å². The summed E-state index contributed by atoms with van der Waals surface area (Å²) in [6.07, 6.45) is 3.09. The second kappa shape index (κ2) is 5.88. The minimum atomic E-state index is -0.295. The van der Waals surface area contributed by atoms with Gasteiger partial charge in [-0.3, -0.25) is 4.79 Å². The fourth-order valence-electron chi connectivity index (χ4n) is 2.84. The number of carbonyl (C=O) groups is 1. The van der Waals surface area contributed by atoms with E-state index in [1.165, 1.54) is 12.1 Å². The predicted molar refractivity (Wildman–Crippen MR) is 81.4 cm³/mol. The fourth-order valence-corrected chi connectivity index (χ4v) is 2.84. The predicted octanol–water partition coefficient (Wildman–Crippen LogP) is 1.75. The maximum Gasteiger partial charge on any atom is 0.257 e. The van der Waals surface area contributed by atoms with E-state index < -0.39 is 0 Å². The van der Waals surface area contributed by atoms with Crippen LogP contribution >= 0.6 is 0 Å². The van der Waals surface area contributed by atoms with Gasteiger partial charge in [-0.25, -0.2) is 9.07 Å². The van der Waals surface area contributed by atoms with E-state index in [1.807, 2.05) is 6.92 Å². The summed E-state index contributed by atoms with van der Waals surface area (Å²) in [4.78, 5) is 14.4. The highest BCUT2D eigenvalue weighted by Crippen LogP contribution is 2.19. The molecule has 6 heteroatoms. The normalized spacial score (nSPS) is 18.0. The van der Waals surface area contributed by atoms with Crippen LogP contribution in [0, 0.1) is 5.82 Å². The summed E-state index contributed by atoms with van der Waals surface area (Å²) in [5.41, 5.74) is 8.05. The lowest BCUT2D eigenvalue weighted by atomic mass is 10.1. The number of hydrogen-bond acceptors (Lipinski definition) is 3. The number of benzene rings is 1. The van der Waals surface area contributed by atoms with E-state index in [0.29, 0.717) is 25.1 Å². The highest BCUT2D eigenvalue weighted by molar-refractivity contribution is 5.95. The van der Waals surface area contributed by atoms with Crippen molar-refractivity contribution < 1.29 is 9.18 Å². The van der Waals surface area contributed by atoms with Crippen LogP contribution in [0.5, 0.6) is 0 Å². The van der Waals surface area contributed by atoms with Crippen molar-refractivity contribution >= 4 is 5.91 Å². The van der Waals surface area contributed by atoms with E-state index in [1.54, 1.807) is 27.9 Å². The average molecular weight is 302 g/mol. The molecule has 5 nitrogen and oxygen atoms in total. The van der Waals surface area contributed by atoms with Gasteiger partial charge in [-0.05, 0) is 37.1 Å². The molecule has 22 heavy (non-hydrogen) atoms. The molecule has 1 fully saturated rings. The Balaban J connectivity index is 1.93. The lowest BCUT2D eigenvalue weighted by molar-refractivity contribution is 0.0790. The monoisotopic (exact) mass is 302 g/mol. The van der Waals surface area contributed by atoms with Crippen LogP contribution in [-0.2, 0) is 6.42 Å². The van der Waals surface area contributed by atoms with Gasteiger partial charge in [0.05, 0.1) is 23.1 Å². The quantitative estimate of drug-likeness (QED) is 0.939. The van der Waals surface area contributed by atoms with Gasteiger partial charge in [-0.2, -0.15) is 5.10 Å². The fraction of sp³-hybridized carbons (Fsp3) is 0.375. The largest absolute Gasteiger partial charge is 0.337 e. The number of halogens is 1. The lowest BCUT2D eigenvalue weighted by Gasteiger charge is -2.16. The molecule has 1 saturated heterocycles. The molecular weight excluding hydrogens is 283 g/mol. The lowest BCUT2D eigenvalue weighted by Crippen LogP contribution is -2.32. The van der Waals surface area contributed by atoms with Crippen LogP contribution in [0.2, 0.25) is 0 Å². The van der Waals surface area contributed by atoms with Crippen LogP contribution in [-0.4, -0.2) is 39.7 Å². The number of likely N-dealkylation sites (tertiary alicyclic amines) is 1. The third-order valence-corrected chi connectivity index (χ3v) is 4.02. The van der Waals surface area contributed by atoms with Gasteiger partial charge >= 0.3 is 0 Å². The highest BCUT2D eigenvalue weighted by atomic mass is 19.1. The van der Waals surface area contributed by atoms with Gasteiger partial charge in [-0.15, -0.1) is 0 Å². The molecule has 0 spiro atoms. The van der Waals surface area contributed by atoms with Gasteiger partial charge in [0, 0.05) is 19.1 Å². The van der Waals surface area contributed by atoms with E-state index in [0.717, 1.165) is 17.8 Å². The van der Waals surface area contributed by atoms with Gasteiger partial charge < -0.3 is 10.6 Å². The number of carbonyl (C=O) groups excluding carboxylic acids is 1. The number of nitrogens with zero attached hydrogens (tertiary/aromatic N) is 3. The summed E-state index contributed by atoms with van der Waals surface area (Å²) in [6.45, 7) is 3.25. The minimum absolute atomic E-state index is 0.0295. The van der Waals surface area contributed by atoms with Crippen LogP contribution in [0.3, 0.4) is 0 Å². The topological polar surface area (TPSA) is 64.2 Å². The smallest absolute Gasteiger partial charge is 0.257 e. The van der Waals surface area contributed by atoms with E-state index in [9.17, 15) is 9.18 Å². The number of rotatable bonds is 3. The first-order valence-electron chi connectivity index (χ1n) is 7.48. The number of hydrogen-bond donors (Lipinski definition) is 1. The van der Waals surface area contributed by atoms with Crippen molar-refractivity contribution in [3.8, 4) is 5.69 Å². The standard InChI is InChI=1S/C16H19FN4O/c1-2-15-14(16(22)20-8-7-12(18)10-20)9-19-21(15)13-5-3-11(17)4-6-13/h3-6,9,12H,2,7-8,10,18H2,1H3/t12-/m1/s1. The Hall–Kier alpha value is -2.21. The first-order chi connectivity index (χ1) is 10.6. The maximum atomic E-state index is 13.1. The van der Waals surface area contributed by atoms with Crippen molar-refractivity contribution in [1.29, 1.82) is 0 Å². The van der Waals surface area contributed by atoms with Crippen molar-refractivity contribution in [3.63, 3.8) is 0 Å². The Labute approximate surface area is 128 Å². The Bertz CT molecular complexity index is 680. The molecule has 2 N–H and O–H groups in total. The molecule has 1 aromatic heterocycles. The van der Waals surface area contributed by atoms with Crippen molar-refractivity contribution in [2.45, 2.75) is 25.8 Å². The summed E-state index contributed by atoms with van der Waals surface area (Å²) >= 11 is 0. The number of nitrogens with two attached hydrogens (primary N) is 1. The molecule has 2 aromatic rings. The van der Waals surface area contributed by atoms with Crippen molar-refractivity contribution in [3.05, 3.63) is 47.5 Å². The molecule has 0 aliphatic carbocycles. The Morgan fingerprint density at radius 1 is 1.41 bits per heavy atom. The Morgan fingerprint density at radius 3 is 2.73 bits per heavy atom. The van der Waals surface area contributed by atoms with Gasteiger partial charge in [-0.1, -0.05) is 6.92 Å². The number of amides is 1. The second-order valence-corrected chi connectivity index (χ2v) is 5.55.